The molecule has 0 aliphatic rings. The first-order valence-corrected chi connectivity index (χ1v) is 3.06. The van der Waals surface area contributed by atoms with E-state index in [0.717, 1.165) is 4.91 Å². The molecule has 0 bridgehead atoms. The van der Waals surface area contributed by atoms with Gasteiger partial charge in [-0.2, -0.15) is 5.26 Å². The van der Waals surface area contributed by atoms with Gasteiger partial charge in [0, 0.05) is 5.57 Å². The van der Waals surface area contributed by atoms with Crippen LogP contribution in [0.25, 0.3) is 0 Å². The average Bonchev–Trinajstić information content (AvgIpc) is 1.83. The molecule has 0 aliphatic carbocycles. The van der Waals surface area contributed by atoms with Gasteiger partial charge in [0.2, 0.25) is 0 Å². The van der Waals surface area contributed by atoms with Crippen molar-refractivity contribution in [2.24, 2.45) is 0 Å². The quantitative estimate of drug-likeness (QED) is 0.336. The Morgan fingerprint density at radius 2 is 2.00 bits per heavy atom. The van der Waals surface area contributed by atoms with Crippen LogP contribution < -0.4 is 0 Å². The Balaban J connectivity index is 4.03. The molecule has 0 heterocycles. The van der Waals surface area contributed by atoms with Crippen molar-refractivity contribution in [3.05, 3.63) is 22.6 Å². The Morgan fingerprint density at radius 1 is 1.44 bits per heavy atom. The van der Waals surface area contributed by atoms with Crippen LogP contribution in [0.5, 0.6) is 0 Å². The van der Waals surface area contributed by atoms with Gasteiger partial charge >= 0.3 is 0 Å². The summed E-state index contributed by atoms with van der Waals surface area (Å²) in [5, 5.41) is 8.28. The summed E-state index contributed by atoms with van der Waals surface area (Å²) in [5.41, 5.74) is 0.698. The third kappa shape index (κ3) is 5.19. The van der Waals surface area contributed by atoms with E-state index in [-0.39, 0.29) is 0 Å². The summed E-state index contributed by atoms with van der Waals surface area (Å²) < 4.78 is 0. The number of thiol groups is 1. The van der Waals surface area contributed by atoms with E-state index in [2.05, 4.69) is 12.6 Å². The molecule has 0 fully saturated rings. The first-order valence-electron chi connectivity index (χ1n) is 2.61. The predicted octanol–water partition coefficient (Wildman–Crippen LogP) is 2.29. The van der Waals surface area contributed by atoms with Crippen LogP contribution >= 0.6 is 12.6 Å². The number of hydrogen-bond acceptors (Lipinski definition) is 2. The molecule has 0 aliphatic heterocycles. The molecule has 48 valence electrons. The maximum Gasteiger partial charge on any atom is 0.0944 e. The SMILES string of the molecule is C/C(S)=C/C=C(\C)C#N. The first kappa shape index (κ1) is 8.32. The van der Waals surface area contributed by atoms with Gasteiger partial charge in [-0.25, -0.2) is 0 Å². The summed E-state index contributed by atoms with van der Waals surface area (Å²) in [5.74, 6) is 0. The molecule has 0 N–H and O–H groups in total. The molecule has 0 saturated carbocycles. The van der Waals surface area contributed by atoms with Crippen molar-refractivity contribution in [2.45, 2.75) is 13.8 Å². The summed E-state index contributed by atoms with van der Waals surface area (Å²) in [4.78, 5) is 0.907. The molecular weight excluding hydrogens is 130 g/mol. The van der Waals surface area contributed by atoms with E-state index in [1.54, 1.807) is 19.1 Å². The van der Waals surface area contributed by atoms with Gasteiger partial charge in [0.05, 0.1) is 6.07 Å². The van der Waals surface area contributed by atoms with Crippen molar-refractivity contribution in [1.82, 2.24) is 0 Å². The number of rotatable bonds is 1. The molecule has 1 nitrogen and oxygen atoms in total. The van der Waals surface area contributed by atoms with Gasteiger partial charge in [-0.05, 0) is 24.8 Å². The Morgan fingerprint density at radius 3 is 2.33 bits per heavy atom. The Labute approximate surface area is 61.1 Å². The molecule has 0 spiro atoms. The van der Waals surface area contributed by atoms with E-state index in [1.807, 2.05) is 13.0 Å². The van der Waals surface area contributed by atoms with Gasteiger partial charge in [0.1, 0.15) is 0 Å². The van der Waals surface area contributed by atoms with Crippen LogP contribution in [0.2, 0.25) is 0 Å². The minimum Gasteiger partial charge on any atom is -0.193 e. The fourth-order valence-corrected chi connectivity index (χ4v) is 0.357. The second kappa shape index (κ2) is 4.22. The molecule has 0 atom stereocenters. The van der Waals surface area contributed by atoms with E-state index in [0.29, 0.717) is 5.57 Å². The van der Waals surface area contributed by atoms with Crippen molar-refractivity contribution in [3.63, 3.8) is 0 Å². The highest BCUT2D eigenvalue weighted by Crippen LogP contribution is 1.98. The Hall–Kier alpha value is -0.680. The maximum atomic E-state index is 8.28. The zero-order valence-corrected chi connectivity index (χ0v) is 6.44. The molecule has 0 radical (unpaired) electrons. The number of allylic oxidation sites excluding steroid dienone is 4. The molecule has 0 aromatic carbocycles. The van der Waals surface area contributed by atoms with E-state index >= 15 is 0 Å². The van der Waals surface area contributed by atoms with Crippen molar-refractivity contribution in [1.29, 1.82) is 5.26 Å². The zero-order chi connectivity index (χ0) is 7.28. The number of nitriles is 1. The summed E-state index contributed by atoms with van der Waals surface area (Å²) >= 11 is 4.02. The molecule has 0 amide bonds. The fourth-order valence-electron chi connectivity index (χ4n) is 0.283. The molecule has 9 heavy (non-hydrogen) atoms. The van der Waals surface area contributed by atoms with Crippen LogP contribution in [0.3, 0.4) is 0 Å². The Bertz CT molecular complexity index is 180. The Kier molecular flexibility index (Phi) is 3.90. The first-order chi connectivity index (χ1) is 4.16. The van der Waals surface area contributed by atoms with Crippen molar-refractivity contribution >= 4 is 12.6 Å². The van der Waals surface area contributed by atoms with Crippen LogP contribution in [-0.2, 0) is 0 Å². The molecular formula is C7H9NS. The van der Waals surface area contributed by atoms with Crippen molar-refractivity contribution < 1.29 is 0 Å². The number of nitrogens with zero attached hydrogens (tertiary/aromatic N) is 1. The molecule has 0 aromatic heterocycles. The van der Waals surface area contributed by atoms with E-state index < -0.39 is 0 Å². The second-order valence-electron chi connectivity index (χ2n) is 1.77. The lowest BCUT2D eigenvalue weighted by molar-refractivity contribution is 1.44. The van der Waals surface area contributed by atoms with Crippen LogP contribution in [-0.4, -0.2) is 0 Å². The number of hydrogen-bond donors (Lipinski definition) is 1. The normalized spacial score (nSPS) is 13.1. The largest absolute Gasteiger partial charge is 0.193 e. The van der Waals surface area contributed by atoms with E-state index in [9.17, 15) is 0 Å². The lowest BCUT2D eigenvalue weighted by Crippen LogP contribution is -1.64. The van der Waals surface area contributed by atoms with Crippen molar-refractivity contribution in [2.75, 3.05) is 0 Å². The van der Waals surface area contributed by atoms with Gasteiger partial charge in [-0.15, -0.1) is 12.6 Å². The zero-order valence-electron chi connectivity index (χ0n) is 5.55. The molecule has 0 aromatic rings. The van der Waals surface area contributed by atoms with Gasteiger partial charge in [0.25, 0.3) is 0 Å². The third-order valence-corrected chi connectivity index (χ3v) is 0.900. The molecule has 0 rings (SSSR count). The van der Waals surface area contributed by atoms with E-state index in [1.165, 1.54) is 0 Å². The van der Waals surface area contributed by atoms with Crippen LogP contribution in [0.15, 0.2) is 22.6 Å². The molecule has 0 saturated heterocycles. The van der Waals surface area contributed by atoms with Crippen LogP contribution in [0, 0.1) is 11.3 Å². The van der Waals surface area contributed by atoms with Gasteiger partial charge in [-0.3, -0.25) is 0 Å². The van der Waals surface area contributed by atoms with Gasteiger partial charge in [0.15, 0.2) is 0 Å². The summed E-state index contributed by atoms with van der Waals surface area (Å²) in [6.07, 6.45) is 3.53. The smallest absolute Gasteiger partial charge is 0.0944 e. The highest BCUT2D eigenvalue weighted by Gasteiger charge is 1.78. The maximum absolute atomic E-state index is 8.28. The highest BCUT2D eigenvalue weighted by atomic mass is 32.1. The van der Waals surface area contributed by atoms with Gasteiger partial charge in [-0.1, -0.05) is 6.08 Å². The second-order valence-corrected chi connectivity index (χ2v) is 2.47. The lowest BCUT2D eigenvalue weighted by Gasteiger charge is -1.81. The van der Waals surface area contributed by atoms with Gasteiger partial charge < -0.3 is 0 Å². The standard InChI is InChI=1S/C7H9NS/c1-6(5-8)3-4-7(2)9/h3-4,9H,1-2H3/b6-3+,7-4-. The summed E-state index contributed by atoms with van der Waals surface area (Å²) in [6.45, 7) is 3.62. The average molecular weight is 139 g/mol. The van der Waals surface area contributed by atoms with Crippen molar-refractivity contribution in [3.8, 4) is 6.07 Å². The molecule has 2 heteroatoms. The lowest BCUT2D eigenvalue weighted by atomic mass is 10.3. The highest BCUT2D eigenvalue weighted by molar-refractivity contribution is 7.84. The summed E-state index contributed by atoms with van der Waals surface area (Å²) in [7, 11) is 0. The molecule has 0 unspecified atom stereocenters. The summed E-state index contributed by atoms with van der Waals surface area (Å²) in [6, 6.07) is 2.00. The van der Waals surface area contributed by atoms with Crippen LogP contribution in [0.4, 0.5) is 0 Å². The fraction of sp³-hybridized carbons (Fsp3) is 0.286. The van der Waals surface area contributed by atoms with Crippen LogP contribution in [0.1, 0.15) is 13.8 Å². The topological polar surface area (TPSA) is 23.8 Å². The minimum absolute atomic E-state index is 0.698. The monoisotopic (exact) mass is 139 g/mol. The minimum atomic E-state index is 0.698. The van der Waals surface area contributed by atoms with E-state index in [4.69, 9.17) is 5.26 Å². The third-order valence-electron chi connectivity index (χ3n) is 0.751. The predicted molar refractivity (Wildman–Crippen MR) is 42.1 cm³/mol.